The minimum Gasteiger partial charge on any atom is -0.338 e. The highest BCUT2D eigenvalue weighted by Crippen LogP contribution is 2.27. The fourth-order valence-electron chi connectivity index (χ4n) is 1.54. The maximum atomic E-state index is 5.99. The van der Waals surface area contributed by atoms with Gasteiger partial charge >= 0.3 is 0 Å². The van der Waals surface area contributed by atoms with E-state index in [0.29, 0.717) is 5.15 Å². The second-order valence-electron chi connectivity index (χ2n) is 2.93. The molecule has 0 aliphatic heterocycles. The second kappa shape index (κ2) is 2.65. The van der Waals surface area contributed by atoms with Crippen molar-refractivity contribution in [2.75, 3.05) is 0 Å². The molecule has 3 heterocycles. The molecule has 0 atom stereocenters. The molecule has 68 valence electrons. The maximum Gasteiger partial charge on any atom is 0.143 e. The van der Waals surface area contributed by atoms with E-state index in [0.717, 1.165) is 21.9 Å². The summed E-state index contributed by atoms with van der Waals surface area (Å²) in [5.74, 6) is 0. The largest absolute Gasteiger partial charge is 0.338 e. The molecule has 4 nitrogen and oxygen atoms in total. The van der Waals surface area contributed by atoms with Gasteiger partial charge in [-0.2, -0.15) is 0 Å². The van der Waals surface area contributed by atoms with Gasteiger partial charge in [0.2, 0.25) is 0 Å². The second-order valence-corrected chi connectivity index (χ2v) is 3.29. The molecule has 0 saturated carbocycles. The number of rotatable bonds is 0. The van der Waals surface area contributed by atoms with Crippen LogP contribution in [-0.2, 0) is 0 Å². The quantitative estimate of drug-likeness (QED) is 0.571. The third-order valence-corrected chi connectivity index (χ3v) is 2.43. The first-order valence-electron chi connectivity index (χ1n) is 4.08. The van der Waals surface area contributed by atoms with Gasteiger partial charge in [-0.05, 0) is 6.07 Å². The van der Waals surface area contributed by atoms with Crippen LogP contribution in [0.3, 0.4) is 0 Å². The molecule has 0 saturated heterocycles. The van der Waals surface area contributed by atoms with Crippen molar-refractivity contribution < 1.29 is 0 Å². The first-order chi connectivity index (χ1) is 6.86. The van der Waals surface area contributed by atoms with E-state index < -0.39 is 0 Å². The van der Waals surface area contributed by atoms with Crippen LogP contribution in [0.4, 0.5) is 0 Å². The Balaban J connectivity index is 2.65. The highest BCUT2D eigenvalue weighted by Gasteiger charge is 2.08. The molecule has 0 fully saturated rings. The van der Waals surface area contributed by atoms with Gasteiger partial charge in [-0.1, -0.05) is 11.6 Å². The first kappa shape index (κ1) is 7.70. The maximum absolute atomic E-state index is 5.99. The van der Waals surface area contributed by atoms with E-state index in [2.05, 4.69) is 19.9 Å². The number of hydrogen-bond donors (Lipinski definition) is 1. The Morgan fingerprint density at radius 2 is 2.21 bits per heavy atom. The zero-order valence-corrected chi connectivity index (χ0v) is 7.78. The molecule has 5 heteroatoms. The van der Waals surface area contributed by atoms with Gasteiger partial charge < -0.3 is 4.98 Å². The Hall–Kier alpha value is -1.68. The normalized spacial score (nSPS) is 11.2. The van der Waals surface area contributed by atoms with Gasteiger partial charge in [0.05, 0.1) is 17.1 Å². The number of nitrogens with zero attached hydrogens (tertiary/aromatic N) is 3. The third kappa shape index (κ3) is 0.914. The topological polar surface area (TPSA) is 54.5 Å². The summed E-state index contributed by atoms with van der Waals surface area (Å²) >= 11 is 5.99. The standard InChI is InChI=1S/C9H5ClN4/c10-8-7-5-1-2-11-3-6(5)14-9(7)13-4-12-8/h1-4H,(H,12,13,14). The van der Waals surface area contributed by atoms with Gasteiger partial charge in [0.1, 0.15) is 17.1 Å². The van der Waals surface area contributed by atoms with Crippen LogP contribution in [0.15, 0.2) is 24.8 Å². The zero-order chi connectivity index (χ0) is 9.54. The van der Waals surface area contributed by atoms with Crippen molar-refractivity contribution in [1.29, 1.82) is 0 Å². The number of nitrogens with one attached hydrogen (secondary N) is 1. The molecule has 3 rings (SSSR count). The van der Waals surface area contributed by atoms with Gasteiger partial charge in [0.25, 0.3) is 0 Å². The lowest BCUT2D eigenvalue weighted by Crippen LogP contribution is -1.79. The van der Waals surface area contributed by atoms with E-state index in [-0.39, 0.29) is 0 Å². The minimum atomic E-state index is 0.465. The van der Waals surface area contributed by atoms with Crippen molar-refractivity contribution in [1.82, 2.24) is 19.9 Å². The lowest BCUT2D eigenvalue weighted by molar-refractivity contribution is 1.20. The summed E-state index contributed by atoms with van der Waals surface area (Å²) in [4.78, 5) is 15.2. The fraction of sp³-hybridized carbons (Fsp3) is 0. The Kier molecular flexibility index (Phi) is 1.46. The average molecular weight is 205 g/mol. The van der Waals surface area contributed by atoms with Crippen LogP contribution < -0.4 is 0 Å². The average Bonchev–Trinajstić information content (AvgIpc) is 2.57. The van der Waals surface area contributed by atoms with E-state index in [4.69, 9.17) is 11.6 Å². The van der Waals surface area contributed by atoms with Gasteiger partial charge in [-0.15, -0.1) is 0 Å². The molecule has 1 N–H and O–H groups in total. The molecular formula is C9H5ClN4. The summed E-state index contributed by atoms with van der Waals surface area (Å²) in [6.45, 7) is 0. The number of aromatic nitrogens is 4. The smallest absolute Gasteiger partial charge is 0.143 e. The van der Waals surface area contributed by atoms with E-state index >= 15 is 0 Å². The van der Waals surface area contributed by atoms with Gasteiger partial charge in [-0.25, -0.2) is 9.97 Å². The first-order valence-corrected chi connectivity index (χ1v) is 4.46. The van der Waals surface area contributed by atoms with Crippen LogP contribution in [-0.4, -0.2) is 19.9 Å². The molecule has 0 aromatic carbocycles. The summed E-state index contributed by atoms with van der Waals surface area (Å²) in [5.41, 5.74) is 1.66. The van der Waals surface area contributed by atoms with Crippen molar-refractivity contribution in [2.45, 2.75) is 0 Å². The lowest BCUT2D eigenvalue weighted by atomic mass is 10.2. The Bertz CT molecular complexity index is 616. The van der Waals surface area contributed by atoms with Gasteiger partial charge in [-0.3, -0.25) is 4.98 Å². The molecular weight excluding hydrogens is 200 g/mol. The number of H-pyrrole nitrogens is 1. The number of pyridine rings is 1. The highest BCUT2D eigenvalue weighted by atomic mass is 35.5. The number of aromatic amines is 1. The summed E-state index contributed by atoms with van der Waals surface area (Å²) < 4.78 is 0. The predicted molar refractivity (Wildman–Crippen MR) is 54.2 cm³/mol. The SMILES string of the molecule is Clc1ncnc2[nH]c3cnccc3c12. The molecule has 0 spiro atoms. The Morgan fingerprint density at radius 3 is 3.14 bits per heavy atom. The van der Waals surface area contributed by atoms with E-state index in [1.807, 2.05) is 6.07 Å². The molecule has 3 aromatic heterocycles. The molecule has 0 unspecified atom stereocenters. The molecule has 14 heavy (non-hydrogen) atoms. The van der Waals surface area contributed by atoms with Crippen LogP contribution in [0, 0.1) is 0 Å². The van der Waals surface area contributed by atoms with Crippen LogP contribution in [0.1, 0.15) is 0 Å². The predicted octanol–water partition coefficient (Wildman–Crippen LogP) is 2.16. The van der Waals surface area contributed by atoms with Gasteiger partial charge in [0, 0.05) is 11.6 Å². The van der Waals surface area contributed by atoms with Crippen LogP contribution in [0.5, 0.6) is 0 Å². The summed E-state index contributed by atoms with van der Waals surface area (Å²) in [7, 11) is 0. The Labute approximate surface area is 84.0 Å². The highest BCUT2D eigenvalue weighted by molar-refractivity contribution is 6.36. The molecule has 3 aromatic rings. The van der Waals surface area contributed by atoms with Crippen molar-refractivity contribution in [3.63, 3.8) is 0 Å². The summed E-state index contributed by atoms with van der Waals surface area (Å²) in [5, 5.41) is 2.32. The van der Waals surface area contributed by atoms with Crippen molar-refractivity contribution >= 4 is 33.5 Å². The molecule has 0 radical (unpaired) electrons. The molecule has 0 amide bonds. The lowest BCUT2D eigenvalue weighted by Gasteiger charge is -1.91. The van der Waals surface area contributed by atoms with Crippen LogP contribution >= 0.6 is 11.6 Å². The minimum absolute atomic E-state index is 0.465. The van der Waals surface area contributed by atoms with Crippen LogP contribution in [0.2, 0.25) is 5.15 Å². The molecule has 0 bridgehead atoms. The third-order valence-electron chi connectivity index (χ3n) is 2.14. The zero-order valence-electron chi connectivity index (χ0n) is 7.03. The van der Waals surface area contributed by atoms with Crippen LogP contribution in [0.25, 0.3) is 21.9 Å². The monoisotopic (exact) mass is 204 g/mol. The Morgan fingerprint density at radius 1 is 1.29 bits per heavy atom. The van der Waals surface area contributed by atoms with Crippen molar-refractivity contribution in [3.05, 3.63) is 29.9 Å². The summed E-state index contributed by atoms with van der Waals surface area (Å²) in [6, 6.07) is 1.89. The summed E-state index contributed by atoms with van der Waals surface area (Å²) in [6.07, 6.45) is 4.90. The fourth-order valence-corrected chi connectivity index (χ4v) is 1.77. The van der Waals surface area contributed by atoms with Gasteiger partial charge in [0.15, 0.2) is 0 Å². The molecule has 0 aliphatic carbocycles. The number of fused-ring (bicyclic) bond motifs is 3. The van der Waals surface area contributed by atoms with E-state index in [1.54, 1.807) is 12.4 Å². The van der Waals surface area contributed by atoms with Crippen molar-refractivity contribution in [3.8, 4) is 0 Å². The number of halogens is 1. The molecule has 0 aliphatic rings. The van der Waals surface area contributed by atoms with E-state index in [9.17, 15) is 0 Å². The van der Waals surface area contributed by atoms with E-state index in [1.165, 1.54) is 6.33 Å². The van der Waals surface area contributed by atoms with Crippen molar-refractivity contribution in [2.24, 2.45) is 0 Å². The number of hydrogen-bond acceptors (Lipinski definition) is 3.